The van der Waals surface area contributed by atoms with Gasteiger partial charge in [0.1, 0.15) is 15.8 Å². The van der Waals surface area contributed by atoms with Crippen LogP contribution < -0.4 is 0 Å². The fraction of sp³-hybridized carbons (Fsp3) is 0.526. The van der Waals surface area contributed by atoms with E-state index in [0.29, 0.717) is 18.5 Å². The van der Waals surface area contributed by atoms with Crippen LogP contribution in [0.4, 0.5) is 0 Å². The average molecular weight is 416 g/mol. The van der Waals surface area contributed by atoms with Crippen LogP contribution in [0.1, 0.15) is 38.3 Å². The van der Waals surface area contributed by atoms with E-state index >= 15 is 0 Å². The molecule has 0 atom stereocenters. The molecular weight excluding hydrogens is 394 g/mol. The fourth-order valence-corrected chi connectivity index (χ4v) is 4.54. The van der Waals surface area contributed by atoms with Gasteiger partial charge >= 0.3 is 0 Å². The standard InChI is InChI=1S/C19H22BrN5O/c1-3-24-13(9-15(26)25(11-4-5-11)12-6-7-12)8-14-17-16(21-10-23(17)2)18(20)22-19(14)24/h8,10-12H,3-7,9H2,1-2H3. The molecular formula is C19H22BrN5O. The Morgan fingerprint density at radius 3 is 2.62 bits per heavy atom. The minimum absolute atomic E-state index is 0.271. The third-order valence-electron chi connectivity index (χ3n) is 5.56. The van der Waals surface area contributed by atoms with Crippen LogP contribution in [0.2, 0.25) is 0 Å². The molecule has 3 heterocycles. The third-order valence-corrected chi connectivity index (χ3v) is 6.12. The van der Waals surface area contributed by atoms with E-state index in [1.807, 2.05) is 17.9 Å². The van der Waals surface area contributed by atoms with Crippen LogP contribution in [-0.2, 0) is 24.8 Å². The number of aryl methyl sites for hydroxylation is 2. The predicted molar refractivity (Wildman–Crippen MR) is 104 cm³/mol. The van der Waals surface area contributed by atoms with Gasteiger partial charge in [-0.1, -0.05) is 0 Å². The Hall–Kier alpha value is -1.89. The maximum atomic E-state index is 13.0. The molecule has 3 aromatic heterocycles. The lowest BCUT2D eigenvalue weighted by molar-refractivity contribution is -0.131. The van der Waals surface area contributed by atoms with Gasteiger partial charge in [-0.15, -0.1) is 0 Å². The number of halogens is 1. The first-order chi connectivity index (χ1) is 12.6. The summed E-state index contributed by atoms with van der Waals surface area (Å²) in [6.45, 7) is 2.90. The number of imidazole rings is 1. The SMILES string of the molecule is CCn1c(CC(=O)N(C2CC2)C2CC2)cc2c3c(ncn3C)c(Br)nc21. The summed E-state index contributed by atoms with van der Waals surface area (Å²) in [6, 6.07) is 3.12. The molecule has 2 aliphatic carbocycles. The van der Waals surface area contributed by atoms with Crippen molar-refractivity contribution >= 4 is 43.9 Å². The molecule has 2 saturated carbocycles. The number of pyridine rings is 1. The molecule has 0 bridgehead atoms. The maximum Gasteiger partial charge on any atom is 0.229 e. The highest BCUT2D eigenvalue weighted by molar-refractivity contribution is 9.10. The molecule has 26 heavy (non-hydrogen) atoms. The summed E-state index contributed by atoms with van der Waals surface area (Å²) < 4.78 is 4.95. The van der Waals surface area contributed by atoms with Gasteiger partial charge in [-0.25, -0.2) is 9.97 Å². The zero-order chi connectivity index (χ0) is 18.0. The molecule has 3 aromatic rings. The van der Waals surface area contributed by atoms with Gasteiger partial charge in [-0.3, -0.25) is 4.79 Å². The molecule has 0 N–H and O–H groups in total. The fourth-order valence-electron chi connectivity index (χ4n) is 4.09. The number of amides is 1. The second-order valence-corrected chi connectivity index (χ2v) is 8.26. The minimum Gasteiger partial charge on any atom is -0.336 e. The molecule has 0 unspecified atom stereocenters. The minimum atomic E-state index is 0.271. The van der Waals surface area contributed by atoms with Crippen LogP contribution in [0.15, 0.2) is 17.0 Å². The largest absolute Gasteiger partial charge is 0.336 e. The smallest absolute Gasteiger partial charge is 0.229 e. The zero-order valence-electron chi connectivity index (χ0n) is 15.1. The summed E-state index contributed by atoms with van der Waals surface area (Å²) in [4.78, 5) is 24.4. The Bertz CT molecular complexity index is 1020. The summed E-state index contributed by atoms with van der Waals surface area (Å²) in [5.41, 5.74) is 3.89. The van der Waals surface area contributed by atoms with E-state index in [1.54, 1.807) is 0 Å². The normalized spacial score (nSPS) is 17.3. The summed E-state index contributed by atoms with van der Waals surface area (Å²) in [6.07, 6.45) is 6.94. The molecule has 0 saturated heterocycles. The third kappa shape index (κ3) is 2.47. The molecule has 7 heteroatoms. The molecule has 0 aromatic carbocycles. The van der Waals surface area contributed by atoms with E-state index in [4.69, 9.17) is 4.98 Å². The lowest BCUT2D eigenvalue weighted by atomic mass is 10.2. The Balaban J connectivity index is 1.60. The second-order valence-electron chi connectivity index (χ2n) is 7.51. The second kappa shape index (κ2) is 5.81. The highest BCUT2D eigenvalue weighted by Gasteiger charge is 2.42. The number of carbonyl (C=O) groups excluding carboxylic acids is 1. The van der Waals surface area contributed by atoms with E-state index in [-0.39, 0.29) is 5.91 Å². The number of carbonyl (C=O) groups is 1. The van der Waals surface area contributed by atoms with Crippen LogP contribution in [0.25, 0.3) is 22.1 Å². The van der Waals surface area contributed by atoms with Crippen LogP contribution in [0.3, 0.4) is 0 Å². The highest BCUT2D eigenvalue weighted by atomic mass is 79.9. The Labute approximate surface area is 160 Å². The number of hydrogen-bond acceptors (Lipinski definition) is 3. The molecule has 2 fully saturated rings. The molecule has 0 aliphatic heterocycles. The monoisotopic (exact) mass is 415 g/mol. The van der Waals surface area contributed by atoms with Crippen molar-refractivity contribution in [1.82, 2.24) is 24.0 Å². The van der Waals surface area contributed by atoms with Gasteiger partial charge in [0.25, 0.3) is 0 Å². The average Bonchev–Trinajstić information content (AvgIpc) is 3.53. The van der Waals surface area contributed by atoms with Gasteiger partial charge < -0.3 is 14.0 Å². The Kier molecular flexibility index (Phi) is 3.64. The van der Waals surface area contributed by atoms with Crippen LogP contribution in [0.5, 0.6) is 0 Å². The van der Waals surface area contributed by atoms with Gasteiger partial charge in [-0.2, -0.15) is 0 Å². The van der Waals surface area contributed by atoms with Gasteiger partial charge in [0.15, 0.2) is 0 Å². The van der Waals surface area contributed by atoms with Crippen LogP contribution in [-0.4, -0.2) is 42.0 Å². The molecule has 6 nitrogen and oxygen atoms in total. The summed E-state index contributed by atoms with van der Waals surface area (Å²) in [7, 11) is 2.00. The van der Waals surface area contributed by atoms with Crippen molar-refractivity contribution in [3.8, 4) is 0 Å². The molecule has 0 radical (unpaired) electrons. The van der Waals surface area contributed by atoms with E-state index in [2.05, 4.69) is 43.4 Å². The molecule has 0 spiro atoms. The maximum absolute atomic E-state index is 13.0. The first-order valence-electron chi connectivity index (χ1n) is 9.38. The number of fused-ring (bicyclic) bond motifs is 3. The highest BCUT2D eigenvalue weighted by Crippen LogP contribution is 2.38. The van der Waals surface area contributed by atoms with Crippen molar-refractivity contribution in [2.45, 2.75) is 57.7 Å². The summed E-state index contributed by atoms with van der Waals surface area (Å²) in [5.74, 6) is 0.271. The Morgan fingerprint density at radius 1 is 1.31 bits per heavy atom. The first kappa shape index (κ1) is 16.3. The summed E-state index contributed by atoms with van der Waals surface area (Å²) >= 11 is 3.56. The number of rotatable bonds is 5. The predicted octanol–water partition coefficient (Wildman–Crippen LogP) is 3.40. The number of aromatic nitrogens is 4. The van der Waals surface area contributed by atoms with Crippen molar-refractivity contribution in [3.05, 3.63) is 22.7 Å². The van der Waals surface area contributed by atoms with Gasteiger partial charge in [0.05, 0.1) is 18.3 Å². The van der Waals surface area contributed by atoms with Crippen molar-refractivity contribution in [2.75, 3.05) is 0 Å². The lowest BCUT2D eigenvalue weighted by Gasteiger charge is -2.22. The molecule has 136 valence electrons. The van der Waals surface area contributed by atoms with E-state index in [0.717, 1.165) is 38.9 Å². The van der Waals surface area contributed by atoms with E-state index in [9.17, 15) is 4.79 Å². The van der Waals surface area contributed by atoms with E-state index < -0.39 is 0 Å². The van der Waals surface area contributed by atoms with Crippen LogP contribution >= 0.6 is 15.9 Å². The van der Waals surface area contributed by atoms with Gasteiger partial charge in [0.2, 0.25) is 5.91 Å². The number of nitrogens with zero attached hydrogens (tertiary/aromatic N) is 5. The zero-order valence-corrected chi connectivity index (χ0v) is 16.7. The van der Waals surface area contributed by atoms with E-state index in [1.165, 1.54) is 25.7 Å². The van der Waals surface area contributed by atoms with Crippen molar-refractivity contribution in [1.29, 1.82) is 0 Å². The summed E-state index contributed by atoms with van der Waals surface area (Å²) in [5, 5.41) is 1.07. The quantitative estimate of drug-likeness (QED) is 0.599. The Morgan fingerprint density at radius 2 is 2.00 bits per heavy atom. The van der Waals surface area contributed by atoms with Gasteiger partial charge in [0, 0.05) is 36.8 Å². The van der Waals surface area contributed by atoms with Crippen molar-refractivity contribution < 1.29 is 4.79 Å². The van der Waals surface area contributed by atoms with Crippen LogP contribution in [0, 0.1) is 0 Å². The topological polar surface area (TPSA) is 56.0 Å². The molecule has 1 amide bonds. The van der Waals surface area contributed by atoms with Crippen molar-refractivity contribution in [3.63, 3.8) is 0 Å². The molecule has 2 aliphatic rings. The lowest BCUT2D eigenvalue weighted by Crippen LogP contribution is -2.36. The first-order valence-corrected chi connectivity index (χ1v) is 10.2. The number of hydrogen-bond donors (Lipinski definition) is 0. The molecule has 5 rings (SSSR count). The van der Waals surface area contributed by atoms with Gasteiger partial charge in [-0.05, 0) is 54.6 Å². The van der Waals surface area contributed by atoms with Crippen molar-refractivity contribution in [2.24, 2.45) is 7.05 Å².